The Hall–Kier alpha value is -2.18. The highest BCUT2D eigenvalue weighted by atomic mass is 32.1. The molecular weight excluding hydrogens is 440 g/mol. The Morgan fingerprint density at radius 3 is 2.59 bits per heavy atom. The number of pyridine rings is 1. The summed E-state index contributed by atoms with van der Waals surface area (Å²) < 4.78 is 8.23. The molecule has 0 atom stereocenters. The molecule has 180 valence electrons. The molecule has 6 heteroatoms. The first-order chi connectivity index (χ1) is 16.4. The summed E-state index contributed by atoms with van der Waals surface area (Å²) in [6.07, 6.45) is 12.6. The largest absolute Gasteiger partial charge is 0.375 e. The van der Waals surface area contributed by atoms with Crippen LogP contribution < -0.4 is 0 Å². The molecule has 34 heavy (non-hydrogen) atoms. The Bertz CT molecular complexity index is 1360. The summed E-state index contributed by atoms with van der Waals surface area (Å²) in [6.45, 7) is 12.3. The molecule has 1 spiro atoms. The Labute approximate surface area is 205 Å². The third-order valence-electron chi connectivity index (χ3n) is 8.64. The number of hydrogen-bond donors (Lipinski definition) is 1. The van der Waals surface area contributed by atoms with E-state index in [1.54, 1.807) is 11.2 Å². The fraction of sp³-hybridized carbons (Fsp3) is 0.571. The van der Waals surface area contributed by atoms with Crippen LogP contribution in [-0.2, 0) is 4.74 Å². The molecule has 5 nitrogen and oxygen atoms in total. The molecule has 1 saturated carbocycles. The smallest absolute Gasteiger partial charge is 0.158 e. The third kappa shape index (κ3) is 3.36. The van der Waals surface area contributed by atoms with Gasteiger partial charge in [0.1, 0.15) is 11.2 Å². The molecule has 1 aliphatic carbocycles. The fourth-order valence-corrected chi connectivity index (χ4v) is 7.99. The van der Waals surface area contributed by atoms with Crippen molar-refractivity contribution < 1.29 is 4.74 Å². The van der Waals surface area contributed by atoms with E-state index >= 15 is 0 Å². The van der Waals surface area contributed by atoms with Crippen LogP contribution in [0.15, 0.2) is 12.5 Å². The molecule has 1 aliphatic heterocycles. The van der Waals surface area contributed by atoms with Gasteiger partial charge in [0.15, 0.2) is 5.65 Å². The maximum absolute atomic E-state index is 6.31. The second kappa shape index (κ2) is 8.20. The number of fused-ring (bicyclic) bond motifs is 2. The standard InChI is InChI=1S/C28H36N4OS/c1-16(2)22-23-19(5)25(20-8-11-28(12-9-20)10-6-7-13-33-28)34-27(23)31-24(22)21-14-32-26(29-15-30-32)18(4)17(21)3/h14-16,20,31H,6-13H2,1-5H3. The molecule has 2 aliphatic rings. The zero-order valence-electron chi connectivity index (χ0n) is 21.1. The van der Waals surface area contributed by atoms with Crippen molar-refractivity contribution in [2.75, 3.05) is 6.61 Å². The molecule has 1 saturated heterocycles. The van der Waals surface area contributed by atoms with Crippen LogP contribution in [0.1, 0.15) is 97.8 Å². The summed E-state index contributed by atoms with van der Waals surface area (Å²) in [5, 5.41) is 5.89. The van der Waals surface area contributed by atoms with E-state index in [1.165, 1.54) is 88.7 Å². The fourth-order valence-electron chi connectivity index (χ4n) is 6.59. The molecule has 0 amide bonds. The SMILES string of the molecule is Cc1c(-c2[nH]c3sc(C4CCC5(CCCCO5)CC4)c(C)c3c2C(C)C)cn2ncnc2c1C. The number of hydrogen-bond acceptors (Lipinski definition) is 4. The molecule has 0 unspecified atom stereocenters. The zero-order valence-corrected chi connectivity index (χ0v) is 21.9. The zero-order chi connectivity index (χ0) is 23.6. The Morgan fingerprint density at radius 1 is 1.09 bits per heavy atom. The number of rotatable bonds is 3. The van der Waals surface area contributed by atoms with Gasteiger partial charge in [-0.3, -0.25) is 0 Å². The van der Waals surface area contributed by atoms with Crippen LogP contribution in [0.5, 0.6) is 0 Å². The van der Waals surface area contributed by atoms with Crippen LogP contribution in [0.2, 0.25) is 0 Å². The highest BCUT2D eigenvalue weighted by Gasteiger charge is 2.39. The maximum atomic E-state index is 6.31. The van der Waals surface area contributed by atoms with Crippen molar-refractivity contribution >= 4 is 27.2 Å². The lowest BCUT2D eigenvalue weighted by atomic mass is 9.74. The van der Waals surface area contributed by atoms with Gasteiger partial charge in [-0.05, 0) is 99.8 Å². The summed E-state index contributed by atoms with van der Waals surface area (Å²) in [6, 6.07) is 0. The number of nitrogens with one attached hydrogen (secondary N) is 1. The molecule has 2 fully saturated rings. The summed E-state index contributed by atoms with van der Waals surface area (Å²) >= 11 is 2.00. The first-order valence-corrected chi connectivity index (χ1v) is 13.8. The lowest BCUT2D eigenvalue weighted by Crippen LogP contribution is -2.39. The van der Waals surface area contributed by atoms with Crippen LogP contribution in [0, 0.1) is 20.8 Å². The number of thiophene rings is 1. The molecule has 5 heterocycles. The minimum absolute atomic E-state index is 0.187. The van der Waals surface area contributed by atoms with Crippen LogP contribution >= 0.6 is 11.3 Å². The van der Waals surface area contributed by atoms with E-state index < -0.39 is 0 Å². The first-order valence-electron chi connectivity index (χ1n) is 13.0. The predicted octanol–water partition coefficient (Wildman–Crippen LogP) is 7.58. The Morgan fingerprint density at radius 2 is 1.88 bits per heavy atom. The highest BCUT2D eigenvalue weighted by molar-refractivity contribution is 7.19. The van der Waals surface area contributed by atoms with Crippen molar-refractivity contribution in [3.8, 4) is 11.3 Å². The summed E-state index contributed by atoms with van der Waals surface area (Å²) in [7, 11) is 0. The average molecular weight is 477 g/mol. The maximum Gasteiger partial charge on any atom is 0.158 e. The van der Waals surface area contributed by atoms with Crippen LogP contribution in [-0.4, -0.2) is 31.8 Å². The normalized spacial score (nSPS) is 23.6. The summed E-state index contributed by atoms with van der Waals surface area (Å²) in [5.41, 5.74) is 9.02. The number of H-pyrrole nitrogens is 1. The molecule has 6 rings (SSSR count). The molecular formula is C28H36N4OS. The van der Waals surface area contributed by atoms with Gasteiger partial charge < -0.3 is 9.72 Å². The van der Waals surface area contributed by atoms with Crippen LogP contribution in [0.25, 0.3) is 27.1 Å². The van der Waals surface area contributed by atoms with Gasteiger partial charge >= 0.3 is 0 Å². The van der Waals surface area contributed by atoms with Gasteiger partial charge in [0.25, 0.3) is 0 Å². The quantitative estimate of drug-likeness (QED) is 0.331. The van der Waals surface area contributed by atoms with E-state index in [-0.39, 0.29) is 5.60 Å². The van der Waals surface area contributed by atoms with Gasteiger partial charge in [-0.25, -0.2) is 9.50 Å². The van der Waals surface area contributed by atoms with E-state index in [0.29, 0.717) is 11.8 Å². The average Bonchev–Trinajstić information content (AvgIpc) is 3.52. The minimum atomic E-state index is 0.187. The molecule has 0 radical (unpaired) electrons. The number of aryl methyl sites for hydroxylation is 2. The van der Waals surface area contributed by atoms with Gasteiger partial charge in [0.2, 0.25) is 0 Å². The summed E-state index contributed by atoms with van der Waals surface area (Å²) in [4.78, 5) is 11.3. The molecule has 0 bridgehead atoms. The molecule has 1 N–H and O–H groups in total. The number of ether oxygens (including phenoxy) is 1. The van der Waals surface area contributed by atoms with Crippen LogP contribution in [0.3, 0.4) is 0 Å². The van der Waals surface area contributed by atoms with Crippen LogP contribution in [0.4, 0.5) is 0 Å². The first kappa shape index (κ1) is 22.3. The van der Waals surface area contributed by atoms with Gasteiger partial charge in [0.05, 0.1) is 11.3 Å². The monoisotopic (exact) mass is 476 g/mol. The van der Waals surface area contributed by atoms with Gasteiger partial charge in [0, 0.05) is 28.6 Å². The van der Waals surface area contributed by atoms with Crippen molar-refractivity contribution in [1.82, 2.24) is 19.6 Å². The second-order valence-corrected chi connectivity index (χ2v) is 12.0. The predicted molar refractivity (Wildman–Crippen MR) is 140 cm³/mol. The van der Waals surface area contributed by atoms with Gasteiger partial charge in [-0.15, -0.1) is 11.3 Å². The van der Waals surface area contributed by atoms with E-state index in [1.807, 2.05) is 15.9 Å². The number of nitrogens with zero attached hydrogens (tertiary/aromatic N) is 3. The highest BCUT2D eigenvalue weighted by Crippen LogP contribution is 2.50. The minimum Gasteiger partial charge on any atom is -0.375 e. The Balaban J connectivity index is 1.41. The van der Waals surface area contributed by atoms with Crippen molar-refractivity contribution in [2.45, 2.75) is 97.0 Å². The van der Waals surface area contributed by atoms with Crippen molar-refractivity contribution in [3.05, 3.63) is 39.7 Å². The van der Waals surface area contributed by atoms with Gasteiger partial charge in [-0.2, -0.15) is 5.10 Å². The lowest BCUT2D eigenvalue weighted by molar-refractivity contribution is -0.102. The van der Waals surface area contributed by atoms with E-state index in [0.717, 1.165) is 12.3 Å². The molecule has 0 aromatic carbocycles. The lowest BCUT2D eigenvalue weighted by Gasteiger charge is -2.42. The van der Waals surface area contributed by atoms with E-state index in [9.17, 15) is 0 Å². The van der Waals surface area contributed by atoms with Gasteiger partial charge in [-0.1, -0.05) is 13.8 Å². The molecule has 4 aromatic heterocycles. The number of aromatic nitrogens is 4. The molecule has 4 aromatic rings. The topological polar surface area (TPSA) is 55.2 Å². The Kier molecular flexibility index (Phi) is 5.38. The second-order valence-electron chi connectivity index (χ2n) is 10.9. The van der Waals surface area contributed by atoms with Crippen molar-refractivity contribution in [2.24, 2.45) is 0 Å². The van der Waals surface area contributed by atoms with Crippen molar-refractivity contribution in [1.29, 1.82) is 0 Å². The van der Waals surface area contributed by atoms with Crippen molar-refractivity contribution in [3.63, 3.8) is 0 Å². The summed E-state index contributed by atoms with van der Waals surface area (Å²) in [5.74, 6) is 1.10. The third-order valence-corrected chi connectivity index (χ3v) is 10.0. The van der Waals surface area contributed by atoms with E-state index in [4.69, 9.17) is 4.74 Å². The van der Waals surface area contributed by atoms with E-state index in [2.05, 4.69) is 55.9 Å². The number of aromatic amines is 1.